The highest BCUT2D eigenvalue weighted by molar-refractivity contribution is 14.1. The smallest absolute Gasteiger partial charge is 0.181 e. The Morgan fingerprint density at radius 1 is 1.00 bits per heavy atom. The zero-order valence-electron chi connectivity index (χ0n) is 11.0. The minimum Gasteiger partial charge on any atom is -0.362 e. The maximum absolute atomic E-state index is 4.02. The molecular weight excluding hydrogens is 377 g/mol. The van der Waals surface area contributed by atoms with Crippen LogP contribution in [0.3, 0.4) is 0 Å². The molecule has 5 nitrogen and oxygen atoms in total. The van der Waals surface area contributed by atoms with Crippen LogP contribution in [0.25, 0.3) is 11.8 Å². The van der Waals surface area contributed by atoms with Crippen LogP contribution in [0.1, 0.15) is 5.82 Å². The number of nitrogens with zero attached hydrogens (tertiary/aromatic N) is 4. The van der Waals surface area contributed by atoms with Crippen molar-refractivity contribution in [3.05, 3.63) is 70.2 Å². The van der Waals surface area contributed by atoms with Gasteiger partial charge in [0.2, 0.25) is 0 Å². The van der Waals surface area contributed by atoms with E-state index in [0.29, 0.717) is 5.82 Å². The second-order valence-corrected chi connectivity index (χ2v) is 5.51. The lowest BCUT2D eigenvalue weighted by molar-refractivity contribution is 0.786. The third kappa shape index (κ3) is 3.46. The van der Waals surface area contributed by atoms with Crippen LogP contribution in [0.2, 0.25) is 0 Å². The molecule has 0 aliphatic rings. The summed E-state index contributed by atoms with van der Waals surface area (Å²) in [5.74, 6) is 0.666. The van der Waals surface area contributed by atoms with Gasteiger partial charge in [-0.05, 0) is 69.4 Å². The lowest BCUT2D eigenvalue weighted by Gasteiger charge is -2.02. The molecule has 3 aromatic rings. The van der Waals surface area contributed by atoms with E-state index >= 15 is 0 Å². The highest BCUT2D eigenvalue weighted by atomic mass is 127. The molecule has 0 fully saturated rings. The van der Waals surface area contributed by atoms with Crippen LogP contribution in [0.5, 0.6) is 0 Å². The average molecular weight is 389 g/mol. The summed E-state index contributed by atoms with van der Waals surface area (Å²) in [7, 11) is 0. The van der Waals surface area contributed by atoms with E-state index in [1.54, 1.807) is 4.68 Å². The van der Waals surface area contributed by atoms with E-state index in [2.05, 4.69) is 43.4 Å². The summed E-state index contributed by atoms with van der Waals surface area (Å²) in [4.78, 5) is 0. The first kappa shape index (κ1) is 13.7. The molecule has 0 aliphatic carbocycles. The van der Waals surface area contributed by atoms with Crippen LogP contribution in [0.15, 0.2) is 60.8 Å². The Balaban J connectivity index is 1.78. The van der Waals surface area contributed by atoms with Gasteiger partial charge in [0.05, 0.1) is 5.69 Å². The Kier molecular flexibility index (Phi) is 4.25. The topological polar surface area (TPSA) is 55.6 Å². The Hall–Kier alpha value is -2.22. The van der Waals surface area contributed by atoms with Gasteiger partial charge >= 0.3 is 0 Å². The Morgan fingerprint density at radius 3 is 2.52 bits per heavy atom. The van der Waals surface area contributed by atoms with E-state index in [1.165, 1.54) is 3.57 Å². The Labute approximate surface area is 135 Å². The molecular formula is C15H12IN5. The summed E-state index contributed by atoms with van der Waals surface area (Å²) in [5, 5.41) is 14.9. The van der Waals surface area contributed by atoms with Gasteiger partial charge in [-0.3, -0.25) is 0 Å². The number of aromatic nitrogens is 4. The van der Waals surface area contributed by atoms with Gasteiger partial charge in [-0.2, -0.15) is 4.68 Å². The van der Waals surface area contributed by atoms with Crippen molar-refractivity contribution < 1.29 is 0 Å². The molecule has 0 spiro atoms. The Morgan fingerprint density at radius 2 is 1.76 bits per heavy atom. The largest absolute Gasteiger partial charge is 0.362 e. The number of tetrazole rings is 1. The van der Waals surface area contributed by atoms with Crippen molar-refractivity contribution in [1.29, 1.82) is 0 Å². The number of anilines is 1. The zero-order valence-corrected chi connectivity index (χ0v) is 13.2. The lowest BCUT2D eigenvalue weighted by atomic mass is 10.3. The molecule has 0 saturated heterocycles. The summed E-state index contributed by atoms with van der Waals surface area (Å²) in [6.45, 7) is 0. The molecule has 0 radical (unpaired) electrons. The third-order valence-corrected chi connectivity index (χ3v) is 3.54. The van der Waals surface area contributed by atoms with E-state index in [0.717, 1.165) is 11.4 Å². The van der Waals surface area contributed by atoms with Crippen molar-refractivity contribution in [3.63, 3.8) is 0 Å². The molecule has 6 heteroatoms. The van der Waals surface area contributed by atoms with Crippen molar-refractivity contribution in [2.75, 3.05) is 5.32 Å². The minimum atomic E-state index is 0.666. The summed E-state index contributed by atoms with van der Waals surface area (Å²) >= 11 is 2.27. The standard InChI is InChI=1S/C15H12IN5/c16-12-6-8-14(9-7-12)21-15(18-19-20-21)10-11-17-13-4-2-1-3-5-13/h1-11,17H/b11-10+. The number of para-hydroxylation sites is 1. The van der Waals surface area contributed by atoms with Gasteiger partial charge in [0.1, 0.15) is 0 Å². The van der Waals surface area contributed by atoms with Crippen LogP contribution >= 0.6 is 22.6 Å². The Bertz CT molecular complexity index is 734. The van der Waals surface area contributed by atoms with Crippen LogP contribution in [-0.2, 0) is 0 Å². The van der Waals surface area contributed by atoms with E-state index in [1.807, 2.05) is 66.9 Å². The quantitative estimate of drug-likeness (QED) is 0.696. The van der Waals surface area contributed by atoms with Gasteiger partial charge in [-0.15, -0.1) is 5.10 Å². The van der Waals surface area contributed by atoms with Gasteiger partial charge in [0.25, 0.3) is 0 Å². The fraction of sp³-hybridized carbons (Fsp3) is 0. The summed E-state index contributed by atoms with van der Waals surface area (Å²) in [6, 6.07) is 17.9. The molecule has 0 saturated carbocycles. The normalized spacial score (nSPS) is 10.9. The highest BCUT2D eigenvalue weighted by Crippen LogP contribution is 2.12. The third-order valence-electron chi connectivity index (χ3n) is 2.82. The fourth-order valence-corrected chi connectivity index (χ4v) is 2.17. The molecule has 0 atom stereocenters. The number of rotatable bonds is 4. The van der Waals surface area contributed by atoms with Crippen LogP contribution in [-0.4, -0.2) is 20.2 Å². The highest BCUT2D eigenvalue weighted by Gasteiger charge is 2.04. The molecule has 0 amide bonds. The van der Waals surface area contributed by atoms with Crippen molar-refractivity contribution in [1.82, 2.24) is 20.2 Å². The van der Waals surface area contributed by atoms with Crippen molar-refractivity contribution in [2.24, 2.45) is 0 Å². The van der Waals surface area contributed by atoms with E-state index in [9.17, 15) is 0 Å². The number of nitrogens with one attached hydrogen (secondary N) is 1. The monoisotopic (exact) mass is 389 g/mol. The van der Waals surface area contributed by atoms with Crippen LogP contribution in [0, 0.1) is 3.57 Å². The molecule has 0 bridgehead atoms. The fourth-order valence-electron chi connectivity index (χ4n) is 1.81. The van der Waals surface area contributed by atoms with E-state index in [4.69, 9.17) is 0 Å². The van der Waals surface area contributed by atoms with Crippen molar-refractivity contribution >= 4 is 34.4 Å². The maximum Gasteiger partial charge on any atom is 0.181 e. The van der Waals surface area contributed by atoms with E-state index < -0.39 is 0 Å². The van der Waals surface area contributed by atoms with Gasteiger partial charge in [-0.25, -0.2) is 0 Å². The summed E-state index contributed by atoms with van der Waals surface area (Å²) < 4.78 is 2.87. The van der Waals surface area contributed by atoms with Gasteiger partial charge in [0, 0.05) is 21.5 Å². The number of halogens is 1. The van der Waals surface area contributed by atoms with Crippen LogP contribution < -0.4 is 5.32 Å². The molecule has 1 N–H and O–H groups in total. The summed E-state index contributed by atoms with van der Waals surface area (Å²) in [5.41, 5.74) is 1.95. The van der Waals surface area contributed by atoms with Gasteiger partial charge < -0.3 is 5.32 Å². The first-order chi connectivity index (χ1) is 10.3. The first-order valence-corrected chi connectivity index (χ1v) is 7.43. The molecule has 0 unspecified atom stereocenters. The molecule has 1 heterocycles. The van der Waals surface area contributed by atoms with Gasteiger partial charge in [-0.1, -0.05) is 18.2 Å². The summed E-state index contributed by atoms with van der Waals surface area (Å²) in [6.07, 6.45) is 3.66. The van der Waals surface area contributed by atoms with E-state index in [-0.39, 0.29) is 0 Å². The molecule has 104 valence electrons. The van der Waals surface area contributed by atoms with Crippen LogP contribution in [0.4, 0.5) is 5.69 Å². The predicted molar refractivity (Wildman–Crippen MR) is 91.0 cm³/mol. The number of benzene rings is 2. The van der Waals surface area contributed by atoms with Gasteiger partial charge in [0.15, 0.2) is 5.82 Å². The SMILES string of the molecule is Ic1ccc(-n2nnnc2/C=C/Nc2ccccc2)cc1. The number of hydrogen-bond donors (Lipinski definition) is 1. The minimum absolute atomic E-state index is 0.666. The first-order valence-electron chi connectivity index (χ1n) is 6.35. The molecule has 2 aromatic carbocycles. The average Bonchev–Trinajstić information content (AvgIpc) is 2.98. The molecule has 3 rings (SSSR count). The second kappa shape index (κ2) is 6.49. The lowest BCUT2D eigenvalue weighted by Crippen LogP contribution is -1.99. The van der Waals surface area contributed by atoms with Crippen molar-refractivity contribution in [2.45, 2.75) is 0 Å². The van der Waals surface area contributed by atoms with Crippen molar-refractivity contribution in [3.8, 4) is 5.69 Å². The molecule has 0 aliphatic heterocycles. The zero-order chi connectivity index (χ0) is 14.5. The predicted octanol–water partition coefficient (Wildman–Crippen LogP) is 3.35. The molecule has 21 heavy (non-hydrogen) atoms. The maximum atomic E-state index is 4.02. The second-order valence-electron chi connectivity index (χ2n) is 4.27. The molecule has 1 aromatic heterocycles. The number of hydrogen-bond acceptors (Lipinski definition) is 4.